The lowest BCUT2D eigenvalue weighted by Crippen LogP contribution is -2.50. The van der Waals surface area contributed by atoms with Gasteiger partial charge in [-0.2, -0.15) is 0 Å². The summed E-state index contributed by atoms with van der Waals surface area (Å²) in [7, 11) is 0. The second-order valence-electron chi connectivity index (χ2n) is 8.42. The first kappa shape index (κ1) is 20.1. The molecule has 0 aliphatic carbocycles. The summed E-state index contributed by atoms with van der Waals surface area (Å²) in [5.74, 6) is 1.06. The average Bonchev–Trinajstić information content (AvgIpc) is 3.53. The van der Waals surface area contributed by atoms with E-state index >= 15 is 0 Å². The molecule has 2 aliphatic heterocycles. The quantitative estimate of drug-likeness (QED) is 0.639. The summed E-state index contributed by atoms with van der Waals surface area (Å²) >= 11 is 1.70. The van der Waals surface area contributed by atoms with Crippen molar-refractivity contribution in [3.8, 4) is 0 Å². The Morgan fingerprint density at radius 2 is 2.00 bits per heavy atom. The van der Waals surface area contributed by atoms with Crippen molar-refractivity contribution in [2.24, 2.45) is 0 Å². The highest BCUT2D eigenvalue weighted by Gasteiger charge is 2.39. The van der Waals surface area contributed by atoms with Crippen LogP contribution in [0.25, 0.3) is 10.2 Å². The van der Waals surface area contributed by atoms with Gasteiger partial charge in [-0.15, -0.1) is 0 Å². The van der Waals surface area contributed by atoms with Crippen LogP contribution in [0.1, 0.15) is 31.4 Å². The minimum atomic E-state index is -0.382. The van der Waals surface area contributed by atoms with Crippen LogP contribution in [-0.4, -0.2) is 53.4 Å². The number of hydrogen-bond acceptors (Lipinski definition) is 6. The number of nitrogens with one attached hydrogen (secondary N) is 1. The van der Waals surface area contributed by atoms with E-state index in [0.29, 0.717) is 38.8 Å². The highest BCUT2D eigenvalue weighted by molar-refractivity contribution is 7.22. The van der Waals surface area contributed by atoms with E-state index in [1.54, 1.807) is 17.6 Å². The fraction of sp³-hybridized carbons (Fsp3) is 0.435. The molecule has 8 heteroatoms. The van der Waals surface area contributed by atoms with Gasteiger partial charge in [0.2, 0.25) is 11.8 Å². The standard InChI is InChI=1S/C23H26N4O3S/c28-20-7-9-23(25-20,16-17-4-3-15-30-17)10-8-21(29)26-11-13-27(14-12-26)22-24-18-5-1-2-6-19(18)31-22/h1-6,15H,7-14,16H2,(H,25,28). The number of carbonyl (C=O) groups excluding carboxylic acids is 2. The molecule has 0 bridgehead atoms. The van der Waals surface area contributed by atoms with Crippen LogP contribution in [0.3, 0.4) is 0 Å². The molecule has 0 spiro atoms. The molecule has 1 aromatic carbocycles. The van der Waals surface area contributed by atoms with E-state index < -0.39 is 0 Å². The summed E-state index contributed by atoms with van der Waals surface area (Å²) in [6.07, 6.45) is 4.60. The Bertz CT molecular complexity index is 1040. The smallest absolute Gasteiger partial charge is 0.222 e. The molecule has 1 atom stereocenters. The van der Waals surface area contributed by atoms with Crippen LogP contribution in [0.2, 0.25) is 0 Å². The number of thiazole rings is 1. The highest BCUT2D eigenvalue weighted by atomic mass is 32.1. The second kappa shape index (κ2) is 8.34. The molecule has 2 amide bonds. The molecule has 1 N–H and O–H groups in total. The number of fused-ring (bicyclic) bond motifs is 1. The second-order valence-corrected chi connectivity index (χ2v) is 9.43. The third-order valence-electron chi connectivity index (χ3n) is 6.33. The van der Waals surface area contributed by atoms with E-state index in [-0.39, 0.29) is 17.4 Å². The van der Waals surface area contributed by atoms with Crippen LogP contribution in [0, 0.1) is 0 Å². The summed E-state index contributed by atoms with van der Waals surface area (Å²) in [6.45, 7) is 2.98. The molecular formula is C23H26N4O3S. The van der Waals surface area contributed by atoms with Crippen molar-refractivity contribution in [2.75, 3.05) is 31.1 Å². The van der Waals surface area contributed by atoms with Crippen LogP contribution in [0.5, 0.6) is 0 Å². The number of rotatable bonds is 6. The van der Waals surface area contributed by atoms with Gasteiger partial charge in [-0.05, 0) is 37.1 Å². The molecular weight excluding hydrogens is 412 g/mol. The molecule has 162 valence electrons. The number of hydrogen-bond donors (Lipinski definition) is 1. The van der Waals surface area contributed by atoms with Crippen LogP contribution < -0.4 is 10.2 Å². The number of anilines is 1. The van der Waals surface area contributed by atoms with Gasteiger partial charge in [0.15, 0.2) is 5.13 Å². The number of amides is 2. The molecule has 1 unspecified atom stereocenters. The van der Waals surface area contributed by atoms with Crippen molar-refractivity contribution < 1.29 is 14.0 Å². The van der Waals surface area contributed by atoms with E-state index in [1.807, 2.05) is 35.2 Å². The van der Waals surface area contributed by atoms with Crippen LogP contribution in [0.4, 0.5) is 5.13 Å². The Balaban J connectivity index is 1.17. The lowest BCUT2D eigenvalue weighted by atomic mass is 9.87. The molecule has 5 rings (SSSR count). The normalized spacial score (nSPS) is 21.6. The summed E-state index contributed by atoms with van der Waals surface area (Å²) in [5, 5.41) is 4.15. The first-order chi connectivity index (χ1) is 15.1. The van der Waals surface area contributed by atoms with E-state index in [0.717, 1.165) is 35.9 Å². The Hall–Kier alpha value is -2.87. The number of piperazine rings is 1. The van der Waals surface area contributed by atoms with E-state index in [2.05, 4.69) is 16.3 Å². The van der Waals surface area contributed by atoms with Crippen LogP contribution in [-0.2, 0) is 16.0 Å². The van der Waals surface area contributed by atoms with E-state index in [1.165, 1.54) is 4.70 Å². The molecule has 4 heterocycles. The van der Waals surface area contributed by atoms with Gasteiger partial charge in [-0.25, -0.2) is 4.98 Å². The van der Waals surface area contributed by atoms with Gasteiger partial charge < -0.3 is 19.5 Å². The topological polar surface area (TPSA) is 78.7 Å². The predicted octanol–water partition coefficient (Wildman–Crippen LogP) is 3.21. The zero-order valence-electron chi connectivity index (χ0n) is 17.4. The molecule has 0 radical (unpaired) electrons. The Morgan fingerprint density at radius 1 is 1.16 bits per heavy atom. The zero-order valence-corrected chi connectivity index (χ0v) is 18.2. The van der Waals surface area contributed by atoms with Crippen molar-refractivity contribution in [3.63, 3.8) is 0 Å². The van der Waals surface area contributed by atoms with Crippen molar-refractivity contribution in [1.29, 1.82) is 0 Å². The van der Waals surface area contributed by atoms with Crippen molar-refractivity contribution in [3.05, 3.63) is 48.4 Å². The number of aromatic nitrogens is 1. The fourth-order valence-electron chi connectivity index (χ4n) is 4.58. The molecule has 2 saturated heterocycles. The largest absolute Gasteiger partial charge is 0.469 e. The molecule has 0 saturated carbocycles. The van der Waals surface area contributed by atoms with E-state index in [9.17, 15) is 9.59 Å². The molecule has 2 fully saturated rings. The zero-order chi connectivity index (χ0) is 21.3. The lowest BCUT2D eigenvalue weighted by Gasteiger charge is -2.35. The van der Waals surface area contributed by atoms with Gasteiger partial charge in [0.1, 0.15) is 5.76 Å². The lowest BCUT2D eigenvalue weighted by molar-refractivity contribution is -0.132. The highest BCUT2D eigenvalue weighted by Crippen LogP contribution is 2.31. The van der Waals surface area contributed by atoms with Gasteiger partial charge in [0, 0.05) is 51.0 Å². The maximum Gasteiger partial charge on any atom is 0.222 e. The first-order valence-electron chi connectivity index (χ1n) is 10.8. The Kier molecular flexibility index (Phi) is 5.40. The third-order valence-corrected chi connectivity index (χ3v) is 7.43. The number of para-hydroxylation sites is 1. The van der Waals surface area contributed by atoms with Crippen molar-refractivity contribution in [2.45, 2.75) is 37.6 Å². The van der Waals surface area contributed by atoms with Crippen molar-refractivity contribution >= 4 is 38.5 Å². The van der Waals surface area contributed by atoms with Gasteiger partial charge in [0.05, 0.1) is 16.5 Å². The SMILES string of the molecule is O=C1CCC(CCC(=O)N2CCN(c3nc4ccccc4s3)CC2)(Cc2ccco2)N1. The minimum Gasteiger partial charge on any atom is -0.469 e. The van der Waals surface area contributed by atoms with Gasteiger partial charge >= 0.3 is 0 Å². The van der Waals surface area contributed by atoms with Crippen LogP contribution >= 0.6 is 11.3 Å². The molecule has 2 aliphatic rings. The molecule has 7 nitrogen and oxygen atoms in total. The van der Waals surface area contributed by atoms with Gasteiger partial charge in [-0.3, -0.25) is 9.59 Å². The average molecular weight is 439 g/mol. The summed E-state index contributed by atoms with van der Waals surface area (Å²) in [4.78, 5) is 33.8. The van der Waals surface area contributed by atoms with Crippen LogP contribution in [0.15, 0.2) is 47.1 Å². The molecule has 2 aromatic heterocycles. The maximum absolute atomic E-state index is 12.9. The first-order valence-corrected chi connectivity index (χ1v) is 11.6. The molecule has 31 heavy (non-hydrogen) atoms. The minimum absolute atomic E-state index is 0.0588. The van der Waals surface area contributed by atoms with E-state index in [4.69, 9.17) is 9.40 Å². The summed E-state index contributed by atoms with van der Waals surface area (Å²) in [6, 6.07) is 12.0. The predicted molar refractivity (Wildman–Crippen MR) is 120 cm³/mol. The van der Waals surface area contributed by atoms with Crippen molar-refractivity contribution in [1.82, 2.24) is 15.2 Å². The number of furan rings is 1. The Labute approximate surface area is 185 Å². The summed E-state index contributed by atoms with van der Waals surface area (Å²) in [5.41, 5.74) is 0.648. The third kappa shape index (κ3) is 4.30. The number of nitrogens with zero attached hydrogens (tertiary/aromatic N) is 3. The maximum atomic E-state index is 12.9. The van der Waals surface area contributed by atoms with Gasteiger partial charge in [0.25, 0.3) is 0 Å². The number of carbonyl (C=O) groups is 2. The summed E-state index contributed by atoms with van der Waals surface area (Å²) < 4.78 is 6.69. The Morgan fingerprint density at radius 3 is 2.71 bits per heavy atom. The van der Waals surface area contributed by atoms with Gasteiger partial charge in [-0.1, -0.05) is 23.5 Å². The molecule has 3 aromatic rings. The monoisotopic (exact) mass is 438 g/mol. The fourth-order valence-corrected chi connectivity index (χ4v) is 5.59. The number of benzene rings is 1.